The Kier molecular flexibility index (Phi) is 7.23. The normalized spacial score (nSPS) is 15.3. The monoisotopic (exact) mass is 591 g/mol. The van der Waals surface area contributed by atoms with Gasteiger partial charge in [-0.2, -0.15) is 0 Å². The van der Waals surface area contributed by atoms with E-state index in [0.29, 0.717) is 26.6 Å². The molecule has 0 N–H and O–H groups in total. The maximum Gasteiger partial charge on any atom is 0.338 e. The molecule has 7 nitrogen and oxygen atoms in total. The van der Waals surface area contributed by atoms with Gasteiger partial charge in [-0.05, 0) is 61.9 Å². The SMILES string of the molecule is CCOC(=O)C1=C(C)N=c2s/c(=C\c3ccc(N(C)C)cc3)c(=O)n2[C@H]1c1ccc(-c2ccc(Br)cc2)o1. The minimum absolute atomic E-state index is 0.206. The number of fused-ring (bicyclic) bond motifs is 1. The van der Waals surface area contributed by atoms with E-state index in [1.165, 1.54) is 15.9 Å². The van der Waals surface area contributed by atoms with Crippen LogP contribution < -0.4 is 19.8 Å². The molecule has 1 atom stereocenters. The third kappa shape index (κ3) is 4.91. The molecule has 0 saturated heterocycles. The van der Waals surface area contributed by atoms with Crippen molar-refractivity contribution in [2.75, 3.05) is 25.6 Å². The van der Waals surface area contributed by atoms with Crippen LogP contribution >= 0.6 is 27.3 Å². The lowest BCUT2D eigenvalue weighted by Crippen LogP contribution is -2.39. The number of esters is 1. The molecule has 3 heterocycles. The third-order valence-electron chi connectivity index (χ3n) is 6.25. The number of benzene rings is 2. The molecule has 1 aliphatic heterocycles. The van der Waals surface area contributed by atoms with Crippen LogP contribution in [0.15, 0.2) is 90.6 Å². The molecular formula is C29H26BrN3O4S. The highest BCUT2D eigenvalue weighted by Crippen LogP contribution is 2.34. The number of furan rings is 1. The second-order valence-corrected chi connectivity index (χ2v) is 10.9. The van der Waals surface area contributed by atoms with E-state index in [1.807, 2.05) is 79.7 Å². The molecule has 0 unspecified atom stereocenters. The highest BCUT2D eigenvalue weighted by molar-refractivity contribution is 9.10. The predicted octanol–water partition coefficient (Wildman–Crippen LogP) is 4.89. The predicted molar refractivity (Wildman–Crippen MR) is 153 cm³/mol. The van der Waals surface area contributed by atoms with Crippen molar-refractivity contribution >= 4 is 45.0 Å². The summed E-state index contributed by atoms with van der Waals surface area (Å²) in [6, 6.07) is 18.5. The first-order chi connectivity index (χ1) is 18.3. The number of carbonyl (C=O) groups is 1. The summed E-state index contributed by atoms with van der Waals surface area (Å²) in [6.45, 7) is 3.71. The number of ether oxygens (including phenoxy) is 1. The van der Waals surface area contributed by atoms with Crippen LogP contribution in [0, 0.1) is 0 Å². The van der Waals surface area contributed by atoms with Crippen molar-refractivity contribution in [3.05, 3.63) is 107 Å². The zero-order valence-corrected chi connectivity index (χ0v) is 23.8. The molecule has 0 spiro atoms. The maximum atomic E-state index is 13.8. The van der Waals surface area contributed by atoms with Gasteiger partial charge in [0.05, 0.1) is 22.4 Å². The summed E-state index contributed by atoms with van der Waals surface area (Å²) in [6.07, 6.45) is 1.85. The second-order valence-electron chi connectivity index (χ2n) is 9.00. The summed E-state index contributed by atoms with van der Waals surface area (Å²) < 4.78 is 14.6. The van der Waals surface area contributed by atoms with Gasteiger partial charge in [0, 0.05) is 29.8 Å². The molecule has 38 heavy (non-hydrogen) atoms. The number of rotatable bonds is 6. The maximum absolute atomic E-state index is 13.8. The van der Waals surface area contributed by atoms with Crippen LogP contribution in [0.1, 0.15) is 31.2 Å². The molecule has 0 aliphatic carbocycles. The summed E-state index contributed by atoms with van der Waals surface area (Å²) >= 11 is 4.74. The average molecular weight is 593 g/mol. The van der Waals surface area contributed by atoms with E-state index in [-0.39, 0.29) is 17.7 Å². The number of thiazole rings is 1. The van der Waals surface area contributed by atoms with Gasteiger partial charge in [-0.15, -0.1) is 0 Å². The minimum atomic E-state index is -0.798. The summed E-state index contributed by atoms with van der Waals surface area (Å²) in [5, 5.41) is 0. The van der Waals surface area contributed by atoms with E-state index in [1.54, 1.807) is 19.9 Å². The largest absolute Gasteiger partial charge is 0.463 e. The average Bonchev–Trinajstić information content (AvgIpc) is 3.49. The Labute approximate surface area is 232 Å². The Bertz CT molecular complexity index is 1710. The molecule has 0 saturated carbocycles. The topological polar surface area (TPSA) is 77.0 Å². The van der Waals surface area contributed by atoms with Crippen molar-refractivity contribution in [3.63, 3.8) is 0 Å². The van der Waals surface area contributed by atoms with Crippen LogP contribution in [0.2, 0.25) is 0 Å². The van der Waals surface area contributed by atoms with Gasteiger partial charge in [0.25, 0.3) is 5.56 Å². The van der Waals surface area contributed by atoms with Crippen LogP contribution in [-0.2, 0) is 9.53 Å². The summed E-state index contributed by atoms with van der Waals surface area (Å²) in [7, 11) is 3.96. The van der Waals surface area contributed by atoms with Crippen molar-refractivity contribution in [2.24, 2.45) is 4.99 Å². The van der Waals surface area contributed by atoms with Gasteiger partial charge in [0.1, 0.15) is 17.6 Å². The van der Waals surface area contributed by atoms with Gasteiger partial charge in [-0.1, -0.05) is 51.5 Å². The fourth-order valence-corrected chi connectivity index (χ4v) is 5.66. The highest BCUT2D eigenvalue weighted by Gasteiger charge is 2.35. The van der Waals surface area contributed by atoms with E-state index in [0.717, 1.165) is 21.3 Å². The molecule has 5 rings (SSSR count). The number of halogens is 1. The summed E-state index contributed by atoms with van der Waals surface area (Å²) in [5.41, 5.74) is 3.39. The van der Waals surface area contributed by atoms with Crippen molar-refractivity contribution in [1.29, 1.82) is 0 Å². The van der Waals surface area contributed by atoms with Gasteiger partial charge >= 0.3 is 5.97 Å². The lowest BCUT2D eigenvalue weighted by molar-refractivity contribution is -0.139. The number of allylic oxidation sites excluding steroid dienone is 1. The van der Waals surface area contributed by atoms with Gasteiger partial charge in [-0.3, -0.25) is 9.36 Å². The summed E-state index contributed by atoms with van der Waals surface area (Å²) in [4.78, 5) is 34.0. The molecule has 2 aromatic carbocycles. The number of hydrogen-bond donors (Lipinski definition) is 0. The second kappa shape index (κ2) is 10.6. The Morgan fingerprint density at radius 1 is 1.13 bits per heavy atom. The fraction of sp³-hybridized carbons (Fsp3) is 0.207. The number of aromatic nitrogens is 1. The van der Waals surface area contributed by atoms with E-state index in [9.17, 15) is 9.59 Å². The third-order valence-corrected chi connectivity index (χ3v) is 7.76. The first kappa shape index (κ1) is 25.9. The molecule has 1 aliphatic rings. The lowest BCUT2D eigenvalue weighted by Gasteiger charge is -2.22. The Morgan fingerprint density at radius 2 is 1.84 bits per heavy atom. The lowest BCUT2D eigenvalue weighted by atomic mass is 10.0. The smallest absolute Gasteiger partial charge is 0.338 e. The van der Waals surface area contributed by atoms with Crippen LogP contribution in [0.5, 0.6) is 0 Å². The quantitative estimate of drug-likeness (QED) is 0.298. The first-order valence-electron chi connectivity index (χ1n) is 12.1. The number of hydrogen-bond acceptors (Lipinski definition) is 7. The Hall–Kier alpha value is -3.69. The Balaban J connectivity index is 1.65. The van der Waals surface area contributed by atoms with Crippen molar-refractivity contribution in [2.45, 2.75) is 19.9 Å². The highest BCUT2D eigenvalue weighted by atomic mass is 79.9. The Morgan fingerprint density at radius 3 is 2.50 bits per heavy atom. The van der Waals surface area contributed by atoms with Crippen molar-refractivity contribution in [1.82, 2.24) is 4.57 Å². The molecule has 0 radical (unpaired) electrons. The van der Waals surface area contributed by atoms with Gasteiger partial charge in [-0.25, -0.2) is 9.79 Å². The van der Waals surface area contributed by atoms with E-state index in [2.05, 4.69) is 20.9 Å². The van der Waals surface area contributed by atoms with Crippen LogP contribution in [-0.4, -0.2) is 31.2 Å². The van der Waals surface area contributed by atoms with Crippen LogP contribution in [0.25, 0.3) is 17.4 Å². The molecule has 2 aromatic heterocycles. The molecule has 0 bridgehead atoms. The summed E-state index contributed by atoms with van der Waals surface area (Å²) in [5.74, 6) is 0.575. The number of carbonyl (C=O) groups excluding carboxylic acids is 1. The standard InChI is InChI=1S/C29H26BrN3O4S/c1-5-36-28(35)25-17(2)31-29-33(26(25)23-15-14-22(37-23)19-8-10-20(30)11-9-19)27(34)24(38-29)16-18-6-12-21(13-7-18)32(3)4/h6-16,26H,5H2,1-4H3/b24-16-/t26-/m0/s1. The van der Waals surface area contributed by atoms with Crippen LogP contribution in [0.3, 0.4) is 0 Å². The number of nitrogens with zero attached hydrogens (tertiary/aromatic N) is 3. The van der Waals surface area contributed by atoms with Crippen molar-refractivity contribution < 1.29 is 13.9 Å². The van der Waals surface area contributed by atoms with Crippen molar-refractivity contribution in [3.8, 4) is 11.3 Å². The molecule has 0 fully saturated rings. The number of anilines is 1. The van der Waals surface area contributed by atoms with E-state index >= 15 is 0 Å². The fourth-order valence-electron chi connectivity index (χ4n) is 4.35. The zero-order chi connectivity index (χ0) is 27.0. The molecular weight excluding hydrogens is 566 g/mol. The van der Waals surface area contributed by atoms with E-state index < -0.39 is 12.0 Å². The molecule has 194 valence electrons. The van der Waals surface area contributed by atoms with E-state index in [4.69, 9.17) is 9.15 Å². The van der Waals surface area contributed by atoms with Gasteiger partial charge in [0.2, 0.25) is 0 Å². The first-order valence-corrected chi connectivity index (χ1v) is 13.7. The van der Waals surface area contributed by atoms with Gasteiger partial charge in [0.15, 0.2) is 4.80 Å². The minimum Gasteiger partial charge on any atom is -0.463 e. The molecule has 4 aromatic rings. The van der Waals surface area contributed by atoms with Gasteiger partial charge < -0.3 is 14.1 Å². The molecule has 0 amide bonds. The molecule has 9 heteroatoms. The zero-order valence-electron chi connectivity index (χ0n) is 21.4. The van der Waals surface area contributed by atoms with Crippen LogP contribution in [0.4, 0.5) is 5.69 Å².